The fourth-order valence-electron chi connectivity index (χ4n) is 3.09. The number of nitrogens with zero attached hydrogens (tertiary/aromatic N) is 2. The first-order valence-corrected chi connectivity index (χ1v) is 9.59. The number of aryl methyl sites for hydroxylation is 1. The number of para-hydroxylation sites is 2. The lowest BCUT2D eigenvalue weighted by molar-refractivity contribution is -0.113. The molecule has 0 bridgehead atoms. The van der Waals surface area contributed by atoms with Crippen molar-refractivity contribution in [2.45, 2.75) is 13.5 Å². The van der Waals surface area contributed by atoms with Crippen LogP contribution in [0.2, 0.25) is 0 Å². The van der Waals surface area contributed by atoms with Gasteiger partial charge < -0.3 is 10.1 Å². The molecular formula is C23H19N3O2S. The lowest BCUT2D eigenvalue weighted by Crippen LogP contribution is -2.30. The molecular weight excluding hydrogens is 382 g/mol. The quantitative estimate of drug-likeness (QED) is 0.512. The molecule has 5 nitrogen and oxygen atoms in total. The summed E-state index contributed by atoms with van der Waals surface area (Å²) in [4.78, 5) is 18.8. The molecule has 0 radical (unpaired) electrons. The fraction of sp³-hybridized carbons (Fsp3) is 0.0870. The molecule has 1 fully saturated rings. The summed E-state index contributed by atoms with van der Waals surface area (Å²) in [6, 6.07) is 20.9. The number of pyridine rings is 1. The van der Waals surface area contributed by atoms with E-state index >= 15 is 0 Å². The van der Waals surface area contributed by atoms with Crippen molar-refractivity contribution >= 4 is 35.0 Å². The molecule has 4 rings (SSSR count). The molecule has 0 unspecified atom stereocenters. The van der Waals surface area contributed by atoms with Crippen LogP contribution in [0.25, 0.3) is 6.08 Å². The summed E-state index contributed by atoms with van der Waals surface area (Å²) < 4.78 is 5.93. The molecule has 0 atom stereocenters. The van der Waals surface area contributed by atoms with Gasteiger partial charge in [-0.3, -0.25) is 14.7 Å². The normalized spacial score (nSPS) is 14.9. The Morgan fingerprint density at radius 3 is 2.62 bits per heavy atom. The van der Waals surface area contributed by atoms with Gasteiger partial charge in [0.2, 0.25) is 0 Å². The van der Waals surface area contributed by atoms with E-state index in [2.05, 4.69) is 10.3 Å². The van der Waals surface area contributed by atoms with Crippen molar-refractivity contribution < 1.29 is 9.53 Å². The summed E-state index contributed by atoms with van der Waals surface area (Å²) in [7, 11) is 0. The molecule has 3 aromatic rings. The summed E-state index contributed by atoms with van der Waals surface area (Å²) in [5, 5.41) is 3.39. The van der Waals surface area contributed by atoms with E-state index in [4.69, 9.17) is 17.0 Å². The number of nitrogens with one attached hydrogen (secondary N) is 1. The van der Waals surface area contributed by atoms with Crippen LogP contribution in [0.15, 0.2) is 78.6 Å². The molecule has 144 valence electrons. The minimum Gasteiger partial charge on any atom is -0.487 e. The number of thiocarbonyl (C=S) groups is 1. The highest BCUT2D eigenvalue weighted by atomic mass is 32.1. The Kier molecular flexibility index (Phi) is 5.35. The van der Waals surface area contributed by atoms with Crippen LogP contribution in [-0.4, -0.2) is 16.0 Å². The van der Waals surface area contributed by atoms with Crippen LogP contribution in [0.4, 0.5) is 5.69 Å². The van der Waals surface area contributed by atoms with Crippen LogP contribution in [-0.2, 0) is 11.4 Å². The molecule has 1 aliphatic rings. The predicted molar refractivity (Wildman–Crippen MR) is 117 cm³/mol. The number of benzene rings is 2. The Morgan fingerprint density at radius 2 is 1.83 bits per heavy atom. The summed E-state index contributed by atoms with van der Waals surface area (Å²) in [6.07, 6.45) is 3.50. The number of rotatable bonds is 5. The maximum absolute atomic E-state index is 13.0. The van der Waals surface area contributed by atoms with Gasteiger partial charge >= 0.3 is 0 Å². The second-order valence-electron chi connectivity index (χ2n) is 6.56. The fourth-order valence-corrected chi connectivity index (χ4v) is 3.38. The highest BCUT2D eigenvalue weighted by molar-refractivity contribution is 7.80. The van der Waals surface area contributed by atoms with Gasteiger partial charge in [-0.2, -0.15) is 0 Å². The first kappa shape index (κ1) is 18.8. The van der Waals surface area contributed by atoms with E-state index in [1.165, 1.54) is 4.90 Å². The van der Waals surface area contributed by atoms with Gasteiger partial charge in [-0.15, -0.1) is 0 Å². The third-order valence-corrected chi connectivity index (χ3v) is 4.84. The van der Waals surface area contributed by atoms with Gasteiger partial charge in [-0.05, 0) is 55.0 Å². The average molecular weight is 401 g/mol. The lowest BCUT2D eigenvalue weighted by Gasteiger charge is -2.16. The van der Waals surface area contributed by atoms with Crippen molar-refractivity contribution in [1.82, 2.24) is 10.3 Å². The van der Waals surface area contributed by atoms with E-state index < -0.39 is 0 Å². The Morgan fingerprint density at radius 1 is 1.07 bits per heavy atom. The van der Waals surface area contributed by atoms with Crippen molar-refractivity contribution in [2.24, 2.45) is 0 Å². The van der Waals surface area contributed by atoms with Crippen molar-refractivity contribution in [3.8, 4) is 5.75 Å². The summed E-state index contributed by atoms with van der Waals surface area (Å²) in [5.41, 5.74) is 3.78. The molecule has 1 amide bonds. The number of ether oxygens (including phenoxy) is 1. The van der Waals surface area contributed by atoms with E-state index in [1.54, 1.807) is 12.3 Å². The molecule has 2 aromatic carbocycles. The Balaban J connectivity index is 1.59. The number of carbonyl (C=O) groups excluding carboxylic acids is 1. The highest BCUT2D eigenvalue weighted by Gasteiger charge is 2.32. The van der Waals surface area contributed by atoms with Crippen LogP contribution in [0.1, 0.15) is 16.8 Å². The van der Waals surface area contributed by atoms with Crippen LogP contribution in [0, 0.1) is 6.92 Å². The number of aromatic nitrogens is 1. The van der Waals surface area contributed by atoms with Gasteiger partial charge in [0.1, 0.15) is 18.1 Å². The van der Waals surface area contributed by atoms with Crippen LogP contribution < -0.4 is 15.0 Å². The minimum atomic E-state index is -0.191. The zero-order chi connectivity index (χ0) is 20.2. The monoisotopic (exact) mass is 401 g/mol. The standard InChI is InChI=1S/C23H19N3O2S/c1-16-8-2-4-11-20(16)26-22(27)19(25-23(26)29)14-17-9-3-5-12-21(17)28-15-18-10-6-7-13-24-18/h2-14H,15H2,1H3,(H,25,29)/b19-14+. The largest absolute Gasteiger partial charge is 0.487 e. The van der Waals surface area contributed by atoms with E-state index in [0.29, 0.717) is 23.2 Å². The van der Waals surface area contributed by atoms with E-state index in [0.717, 1.165) is 22.5 Å². The average Bonchev–Trinajstić information content (AvgIpc) is 3.01. The Labute approximate surface area is 174 Å². The van der Waals surface area contributed by atoms with Gasteiger partial charge in [-0.25, -0.2) is 0 Å². The third kappa shape index (κ3) is 4.02. The number of amides is 1. The maximum atomic E-state index is 13.0. The molecule has 1 aromatic heterocycles. The molecule has 0 saturated carbocycles. The van der Waals surface area contributed by atoms with E-state index in [1.807, 2.05) is 73.7 Å². The molecule has 2 heterocycles. The lowest BCUT2D eigenvalue weighted by atomic mass is 10.1. The van der Waals surface area contributed by atoms with Gasteiger partial charge in [-0.1, -0.05) is 42.5 Å². The van der Waals surface area contributed by atoms with Crippen molar-refractivity contribution in [3.63, 3.8) is 0 Å². The number of anilines is 1. The SMILES string of the molecule is Cc1ccccc1N1C(=O)/C(=C\c2ccccc2OCc2ccccn2)NC1=S. The number of hydrogen-bond donors (Lipinski definition) is 1. The van der Waals surface area contributed by atoms with Gasteiger partial charge in [0, 0.05) is 11.8 Å². The van der Waals surface area contributed by atoms with Crippen molar-refractivity contribution in [1.29, 1.82) is 0 Å². The third-order valence-electron chi connectivity index (χ3n) is 4.56. The van der Waals surface area contributed by atoms with Crippen molar-refractivity contribution in [2.75, 3.05) is 4.90 Å². The highest BCUT2D eigenvalue weighted by Crippen LogP contribution is 2.27. The molecule has 0 spiro atoms. The first-order chi connectivity index (χ1) is 14.1. The van der Waals surface area contributed by atoms with Crippen molar-refractivity contribution in [3.05, 3.63) is 95.4 Å². The number of carbonyl (C=O) groups is 1. The zero-order valence-electron chi connectivity index (χ0n) is 15.8. The summed E-state index contributed by atoms with van der Waals surface area (Å²) in [6.45, 7) is 2.30. The Hall–Kier alpha value is -3.51. The second-order valence-corrected chi connectivity index (χ2v) is 6.95. The molecule has 0 aliphatic carbocycles. The topological polar surface area (TPSA) is 54.5 Å². The van der Waals surface area contributed by atoms with Crippen LogP contribution in [0.5, 0.6) is 5.75 Å². The first-order valence-electron chi connectivity index (χ1n) is 9.18. The van der Waals surface area contributed by atoms with E-state index in [9.17, 15) is 4.79 Å². The smallest absolute Gasteiger partial charge is 0.281 e. The second kappa shape index (κ2) is 8.24. The van der Waals surface area contributed by atoms with Gasteiger partial charge in [0.05, 0.1) is 11.4 Å². The zero-order valence-corrected chi connectivity index (χ0v) is 16.6. The molecule has 29 heavy (non-hydrogen) atoms. The molecule has 1 saturated heterocycles. The number of hydrogen-bond acceptors (Lipinski definition) is 4. The molecule has 1 N–H and O–H groups in total. The maximum Gasteiger partial charge on any atom is 0.281 e. The minimum absolute atomic E-state index is 0.191. The van der Waals surface area contributed by atoms with Gasteiger partial charge in [0.15, 0.2) is 5.11 Å². The van der Waals surface area contributed by atoms with Crippen LogP contribution in [0.3, 0.4) is 0 Å². The Bertz CT molecular complexity index is 1100. The van der Waals surface area contributed by atoms with Gasteiger partial charge in [0.25, 0.3) is 5.91 Å². The summed E-state index contributed by atoms with van der Waals surface area (Å²) >= 11 is 5.41. The predicted octanol–water partition coefficient (Wildman–Crippen LogP) is 4.23. The molecule has 6 heteroatoms. The van der Waals surface area contributed by atoms with Crippen LogP contribution >= 0.6 is 12.2 Å². The molecule has 1 aliphatic heterocycles. The summed E-state index contributed by atoms with van der Waals surface area (Å²) in [5.74, 6) is 0.476. The van der Waals surface area contributed by atoms with E-state index in [-0.39, 0.29) is 5.91 Å².